The Labute approximate surface area is 150 Å². The highest BCUT2D eigenvalue weighted by atomic mass is 16.5. The SMILES string of the molecule is COc1ccccc1N1CCN(c2ccc3c(c2)CCCN3C)CC1. The van der Waals surface area contributed by atoms with Crippen LogP contribution in [0.1, 0.15) is 12.0 Å². The zero-order valence-electron chi connectivity index (χ0n) is 15.2. The Morgan fingerprint density at radius 3 is 2.40 bits per heavy atom. The number of hydrogen-bond acceptors (Lipinski definition) is 4. The molecule has 0 amide bonds. The van der Waals surface area contributed by atoms with Crippen molar-refractivity contribution in [1.29, 1.82) is 0 Å². The summed E-state index contributed by atoms with van der Waals surface area (Å²) in [6.45, 7) is 5.32. The maximum absolute atomic E-state index is 5.52. The molecule has 2 heterocycles. The van der Waals surface area contributed by atoms with Crippen LogP contribution in [-0.4, -0.2) is 46.9 Å². The van der Waals surface area contributed by atoms with Gasteiger partial charge >= 0.3 is 0 Å². The van der Waals surface area contributed by atoms with Crippen molar-refractivity contribution in [3.8, 4) is 5.75 Å². The predicted molar refractivity (Wildman–Crippen MR) is 105 cm³/mol. The number of piperazine rings is 1. The van der Waals surface area contributed by atoms with Crippen LogP contribution in [0.2, 0.25) is 0 Å². The second-order valence-corrected chi connectivity index (χ2v) is 6.98. The first kappa shape index (κ1) is 16.1. The Hall–Kier alpha value is -2.36. The van der Waals surface area contributed by atoms with Gasteiger partial charge in [-0.2, -0.15) is 0 Å². The zero-order valence-corrected chi connectivity index (χ0v) is 15.2. The molecule has 0 saturated carbocycles. The first-order valence-corrected chi connectivity index (χ1v) is 9.23. The number of fused-ring (bicyclic) bond motifs is 1. The number of aryl methyl sites for hydroxylation is 1. The summed E-state index contributed by atoms with van der Waals surface area (Å²) in [5.74, 6) is 0.966. The van der Waals surface area contributed by atoms with E-state index in [9.17, 15) is 0 Å². The molecule has 0 aromatic heterocycles. The maximum atomic E-state index is 5.52. The van der Waals surface area contributed by atoms with Crippen molar-refractivity contribution in [2.75, 3.05) is 61.6 Å². The van der Waals surface area contributed by atoms with E-state index < -0.39 is 0 Å². The van der Waals surface area contributed by atoms with Gasteiger partial charge in [0.2, 0.25) is 0 Å². The summed E-state index contributed by atoms with van der Waals surface area (Å²) >= 11 is 0. The molecule has 2 aromatic rings. The van der Waals surface area contributed by atoms with Crippen LogP contribution in [0, 0.1) is 0 Å². The molecule has 0 unspecified atom stereocenters. The highest BCUT2D eigenvalue weighted by Crippen LogP contribution is 2.32. The standard InChI is InChI=1S/C21H27N3O/c1-22-11-5-6-17-16-18(9-10-19(17)22)23-12-14-24(15-13-23)20-7-3-4-8-21(20)25-2/h3-4,7-10,16H,5-6,11-15H2,1-2H3. The van der Waals surface area contributed by atoms with E-state index in [0.29, 0.717) is 0 Å². The summed E-state index contributed by atoms with van der Waals surface area (Å²) in [4.78, 5) is 7.32. The fourth-order valence-corrected chi connectivity index (χ4v) is 4.06. The molecule has 4 heteroatoms. The molecule has 0 N–H and O–H groups in total. The van der Waals surface area contributed by atoms with Crippen molar-refractivity contribution in [2.24, 2.45) is 0 Å². The van der Waals surface area contributed by atoms with Gasteiger partial charge in [0.1, 0.15) is 5.75 Å². The van der Waals surface area contributed by atoms with Crippen LogP contribution in [0.5, 0.6) is 5.75 Å². The average molecular weight is 337 g/mol. The lowest BCUT2D eigenvalue weighted by Crippen LogP contribution is -2.46. The maximum Gasteiger partial charge on any atom is 0.142 e. The number of anilines is 3. The predicted octanol–water partition coefficient (Wildman–Crippen LogP) is 3.40. The first-order chi connectivity index (χ1) is 12.3. The van der Waals surface area contributed by atoms with Crippen LogP contribution >= 0.6 is 0 Å². The zero-order chi connectivity index (χ0) is 17.2. The summed E-state index contributed by atoms with van der Waals surface area (Å²) < 4.78 is 5.52. The van der Waals surface area contributed by atoms with Crippen LogP contribution in [0.25, 0.3) is 0 Å². The van der Waals surface area contributed by atoms with E-state index in [4.69, 9.17) is 4.74 Å². The highest BCUT2D eigenvalue weighted by molar-refractivity contribution is 5.64. The molecule has 0 radical (unpaired) electrons. The number of ether oxygens (including phenoxy) is 1. The van der Waals surface area contributed by atoms with Gasteiger partial charge in [-0.1, -0.05) is 12.1 Å². The van der Waals surface area contributed by atoms with E-state index in [2.05, 4.69) is 52.1 Å². The van der Waals surface area contributed by atoms with Gasteiger partial charge in [-0.25, -0.2) is 0 Å². The van der Waals surface area contributed by atoms with Gasteiger partial charge in [0.05, 0.1) is 12.8 Å². The normalized spacial score (nSPS) is 17.4. The summed E-state index contributed by atoms with van der Waals surface area (Å²) in [6.07, 6.45) is 2.46. The Bertz CT molecular complexity index is 738. The number of hydrogen-bond donors (Lipinski definition) is 0. The fraction of sp³-hybridized carbons (Fsp3) is 0.429. The quantitative estimate of drug-likeness (QED) is 0.854. The molecule has 4 nitrogen and oxygen atoms in total. The Morgan fingerprint density at radius 2 is 1.60 bits per heavy atom. The smallest absolute Gasteiger partial charge is 0.142 e. The van der Waals surface area contributed by atoms with Crippen LogP contribution in [-0.2, 0) is 6.42 Å². The van der Waals surface area contributed by atoms with Crippen molar-refractivity contribution in [3.63, 3.8) is 0 Å². The molecule has 2 aliphatic rings. The lowest BCUT2D eigenvalue weighted by Gasteiger charge is -2.38. The van der Waals surface area contributed by atoms with Gasteiger partial charge < -0.3 is 19.4 Å². The Kier molecular flexibility index (Phi) is 4.43. The minimum Gasteiger partial charge on any atom is -0.495 e. The van der Waals surface area contributed by atoms with E-state index in [1.54, 1.807) is 7.11 Å². The molecular formula is C21H27N3O. The average Bonchev–Trinajstić information content (AvgIpc) is 2.68. The lowest BCUT2D eigenvalue weighted by atomic mass is 10.0. The third-order valence-electron chi connectivity index (χ3n) is 5.48. The van der Waals surface area contributed by atoms with E-state index >= 15 is 0 Å². The lowest BCUT2D eigenvalue weighted by molar-refractivity contribution is 0.413. The van der Waals surface area contributed by atoms with Crippen molar-refractivity contribution < 1.29 is 4.74 Å². The molecule has 0 atom stereocenters. The topological polar surface area (TPSA) is 19.0 Å². The second-order valence-electron chi connectivity index (χ2n) is 6.98. The van der Waals surface area contributed by atoms with Gasteiger partial charge in [0.15, 0.2) is 0 Å². The van der Waals surface area contributed by atoms with Crippen LogP contribution in [0.4, 0.5) is 17.1 Å². The van der Waals surface area contributed by atoms with Gasteiger partial charge in [-0.15, -0.1) is 0 Å². The minimum absolute atomic E-state index is 0.966. The molecule has 1 saturated heterocycles. The summed E-state index contributed by atoms with van der Waals surface area (Å²) in [6, 6.07) is 15.3. The van der Waals surface area contributed by atoms with Crippen molar-refractivity contribution in [1.82, 2.24) is 0 Å². The minimum atomic E-state index is 0.966. The molecule has 0 aliphatic carbocycles. The summed E-state index contributed by atoms with van der Waals surface area (Å²) in [7, 11) is 3.95. The number of rotatable bonds is 3. The third kappa shape index (κ3) is 3.13. The molecule has 132 valence electrons. The first-order valence-electron chi connectivity index (χ1n) is 9.23. The third-order valence-corrected chi connectivity index (χ3v) is 5.48. The number of nitrogens with zero attached hydrogens (tertiary/aromatic N) is 3. The van der Waals surface area contributed by atoms with Crippen molar-refractivity contribution in [2.45, 2.75) is 12.8 Å². The molecule has 25 heavy (non-hydrogen) atoms. The molecule has 2 aromatic carbocycles. The largest absolute Gasteiger partial charge is 0.495 e. The van der Waals surface area contributed by atoms with Crippen molar-refractivity contribution in [3.05, 3.63) is 48.0 Å². The molecule has 0 spiro atoms. The van der Waals surface area contributed by atoms with Crippen LogP contribution in [0.3, 0.4) is 0 Å². The monoisotopic (exact) mass is 337 g/mol. The van der Waals surface area contributed by atoms with Gasteiger partial charge in [0, 0.05) is 51.1 Å². The van der Waals surface area contributed by atoms with Gasteiger partial charge in [-0.3, -0.25) is 0 Å². The Morgan fingerprint density at radius 1 is 0.840 bits per heavy atom. The molecule has 2 aliphatic heterocycles. The van der Waals surface area contributed by atoms with Crippen molar-refractivity contribution >= 4 is 17.1 Å². The second kappa shape index (κ2) is 6.87. The molecule has 0 bridgehead atoms. The molecule has 1 fully saturated rings. The molecule has 4 rings (SSSR count). The van der Waals surface area contributed by atoms with E-state index in [-0.39, 0.29) is 0 Å². The number of benzene rings is 2. The van der Waals surface area contributed by atoms with Gasteiger partial charge in [-0.05, 0) is 48.7 Å². The highest BCUT2D eigenvalue weighted by Gasteiger charge is 2.21. The van der Waals surface area contributed by atoms with E-state index in [1.165, 1.54) is 42.0 Å². The summed E-state index contributed by atoms with van der Waals surface area (Å²) in [5.41, 5.74) is 5.48. The van der Waals surface area contributed by atoms with Crippen LogP contribution < -0.4 is 19.4 Å². The van der Waals surface area contributed by atoms with E-state index in [1.807, 2.05) is 12.1 Å². The number of para-hydroxylation sites is 2. The fourth-order valence-electron chi connectivity index (χ4n) is 4.06. The number of methoxy groups -OCH3 is 1. The van der Waals surface area contributed by atoms with Gasteiger partial charge in [0.25, 0.3) is 0 Å². The van der Waals surface area contributed by atoms with Crippen LogP contribution in [0.15, 0.2) is 42.5 Å². The Balaban J connectivity index is 1.47. The molecular weight excluding hydrogens is 310 g/mol. The van der Waals surface area contributed by atoms with E-state index in [0.717, 1.165) is 31.9 Å². The summed E-state index contributed by atoms with van der Waals surface area (Å²) in [5, 5.41) is 0.